The van der Waals surface area contributed by atoms with Gasteiger partial charge in [0.1, 0.15) is 28.6 Å². The van der Waals surface area contributed by atoms with Crippen molar-refractivity contribution < 1.29 is 42.9 Å². The molecule has 6 aromatic carbocycles. The summed E-state index contributed by atoms with van der Waals surface area (Å²) in [6, 6.07) is 36.0. The van der Waals surface area contributed by atoms with E-state index in [0.717, 1.165) is 124 Å². The predicted molar refractivity (Wildman–Crippen MR) is 379 cm³/mol. The topological polar surface area (TPSA) is 161 Å². The maximum Gasteiger partial charge on any atom is 0.343 e. The largest absolute Gasteiger partial charge is 0.494 e. The van der Waals surface area contributed by atoms with E-state index < -0.39 is 22.5 Å². The average molecular weight is 1270 g/mol. The first-order chi connectivity index (χ1) is 45.4. The molecule has 0 fully saturated rings. The van der Waals surface area contributed by atoms with Crippen molar-refractivity contribution in [1.82, 2.24) is 0 Å². The fraction of sp³-hybridized carbons (Fsp3) is 0.494. The number of esters is 2. The zero-order chi connectivity index (χ0) is 66.4. The van der Waals surface area contributed by atoms with Gasteiger partial charge in [-0.1, -0.05) is 191 Å². The van der Waals surface area contributed by atoms with Gasteiger partial charge in [0.05, 0.1) is 53.2 Å². The maximum absolute atomic E-state index is 14.4. The van der Waals surface area contributed by atoms with E-state index >= 15 is 0 Å². The third-order valence-corrected chi connectivity index (χ3v) is 16.8. The summed E-state index contributed by atoms with van der Waals surface area (Å²) in [4.78, 5) is 42.8. The summed E-state index contributed by atoms with van der Waals surface area (Å²) in [5, 5.41) is 22.4. The lowest BCUT2D eigenvalue weighted by Gasteiger charge is -2.26. The minimum atomic E-state index is -0.809. The van der Waals surface area contributed by atoms with Crippen LogP contribution in [0, 0.1) is 10.1 Å². The molecular weight excluding hydrogens is 1160 g/mol. The number of benzene rings is 6. The Morgan fingerprint density at radius 2 is 0.860 bits per heavy atom. The van der Waals surface area contributed by atoms with Crippen LogP contribution in [0.15, 0.2) is 144 Å². The van der Waals surface area contributed by atoms with Crippen LogP contribution in [0.3, 0.4) is 0 Å². The number of anilines is 1. The monoisotopic (exact) mass is 1270 g/mol. The molecule has 14 nitrogen and oxygen atoms in total. The Kier molecular flexibility index (Phi) is 33.7. The zero-order valence-corrected chi connectivity index (χ0v) is 57.2. The summed E-state index contributed by atoms with van der Waals surface area (Å²) in [6.45, 7) is 19.3. The van der Waals surface area contributed by atoms with Gasteiger partial charge >= 0.3 is 17.6 Å². The molecule has 0 spiro atoms. The van der Waals surface area contributed by atoms with Crippen LogP contribution in [0.2, 0.25) is 0 Å². The van der Waals surface area contributed by atoms with Crippen molar-refractivity contribution in [3.63, 3.8) is 0 Å². The number of allylic oxidation sites excluding steroid dienone is 2. The number of azo groups is 1. The fourth-order valence-electron chi connectivity index (χ4n) is 11.2. The quantitative estimate of drug-likeness (QED) is 0.00680. The van der Waals surface area contributed by atoms with Gasteiger partial charge in [-0.25, -0.2) is 9.59 Å². The van der Waals surface area contributed by atoms with Crippen LogP contribution >= 0.6 is 0 Å². The molecule has 0 aliphatic rings. The Balaban J connectivity index is 1.27. The van der Waals surface area contributed by atoms with E-state index in [9.17, 15) is 19.7 Å². The van der Waals surface area contributed by atoms with Crippen LogP contribution in [0.1, 0.15) is 237 Å². The molecule has 0 amide bonds. The highest BCUT2D eigenvalue weighted by Gasteiger charge is 2.26. The highest BCUT2D eigenvalue weighted by atomic mass is 16.6. The molecule has 0 aliphatic carbocycles. The van der Waals surface area contributed by atoms with Gasteiger partial charge in [-0.3, -0.25) is 10.1 Å². The second-order valence-corrected chi connectivity index (χ2v) is 24.4. The lowest BCUT2D eigenvalue weighted by atomic mass is 10.0. The van der Waals surface area contributed by atoms with E-state index in [4.69, 9.17) is 38.6 Å². The molecule has 0 heterocycles. The van der Waals surface area contributed by atoms with E-state index in [0.29, 0.717) is 49.7 Å². The van der Waals surface area contributed by atoms with Gasteiger partial charge in [-0.05, 0) is 157 Å². The Morgan fingerprint density at radius 1 is 0.473 bits per heavy atom. The summed E-state index contributed by atoms with van der Waals surface area (Å²) in [5.74, 6) is 0.528. The van der Waals surface area contributed by atoms with Crippen LogP contribution in [0.5, 0.6) is 34.5 Å². The Hall–Kier alpha value is -8.00. The summed E-state index contributed by atoms with van der Waals surface area (Å²) in [5.41, 5.74) is 4.61. The van der Waals surface area contributed by atoms with E-state index in [1.807, 2.05) is 86.6 Å². The average Bonchev–Trinajstić information content (AvgIpc) is 0.951. The van der Waals surface area contributed by atoms with Crippen molar-refractivity contribution in [2.45, 2.75) is 228 Å². The number of hydrogen-bond donors (Lipinski definition) is 0. The number of carbonyl (C=O) groups excluding carboxylic acids is 2. The first-order valence-electron chi connectivity index (χ1n) is 35.1. The predicted octanol–water partition coefficient (Wildman–Crippen LogP) is 23.3. The number of carbonyl (C=O) groups is 2. The van der Waals surface area contributed by atoms with Crippen LogP contribution in [-0.2, 0) is 0 Å². The number of nitro benzene ring substituents is 1. The number of nitro groups is 1. The molecule has 0 N–H and O–H groups in total. The minimum absolute atomic E-state index is 0.0496. The van der Waals surface area contributed by atoms with Crippen LogP contribution < -0.4 is 33.3 Å². The molecule has 6 rings (SSSR count). The standard InChI is InChI=1S/C79H106N4O10/c1-9-15-19-23-25-27-29-31-35-55-89-69-50-46-64(47-51-69)62-38-42-66(43-39-62)78(84)92-75-58-72(82(13-5)14-6)76(91-61(8)37-33-22-18-12-4)56-71(75)81-80-70-57-77(73(83(86)87)59-74(70)90-60(7)36-32-21-17-11-3)93-79(85)67-44-40-63(41-45-67)65-48-52-68(53-49-65)88-54-34-30-28-26-24-20-16-10-2/h9,15,38-53,56-61H,10-14,16-37,54-55H2,1-8H3/b15-9+,81-80?/t60-,61-/m0/s1. The molecule has 93 heavy (non-hydrogen) atoms. The van der Waals surface area contributed by atoms with Crippen molar-refractivity contribution in [1.29, 1.82) is 0 Å². The summed E-state index contributed by atoms with van der Waals surface area (Å²) < 4.78 is 37.6. The molecule has 0 aliphatic heterocycles. The smallest absolute Gasteiger partial charge is 0.343 e. The summed E-state index contributed by atoms with van der Waals surface area (Å²) in [7, 11) is 0. The zero-order valence-electron chi connectivity index (χ0n) is 57.2. The molecule has 14 heteroatoms. The van der Waals surface area contributed by atoms with Gasteiger partial charge in [0.15, 0.2) is 11.5 Å². The second-order valence-electron chi connectivity index (χ2n) is 24.4. The first kappa shape index (κ1) is 74.0. The van der Waals surface area contributed by atoms with Crippen LogP contribution in [-0.4, -0.2) is 55.4 Å². The van der Waals surface area contributed by atoms with E-state index in [2.05, 4.69) is 58.6 Å². The third kappa shape index (κ3) is 25.8. The number of rotatable bonds is 46. The van der Waals surface area contributed by atoms with Crippen molar-refractivity contribution in [3.05, 3.63) is 155 Å². The van der Waals surface area contributed by atoms with E-state index in [1.165, 1.54) is 76.3 Å². The highest BCUT2D eigenvalue weighted by Crippen LogP contribution is 2.45. The minimum Gasteiger partial charge on any atom is -0.494 e. The number of nitrogens with zero attached hydrogens (tertiary/aromatic N) is 4. The van der Waals surface area contributed by atoms with E-state index in [-0.39, 0.29) is 46.4 Å². The molecule has 0 saturated heterocycles. The van der Waals surface area contributed by atoms with Gasteiger partial charge in [-0.2, -0.15) is 0 Å². The Labute approximate surface area is 556 Å². The molecule has 2 atom stereocenters. The van der Waals surface area contributed by atoms with Crippen LogP contribution in [0.25, 0.3) is 22.3 Å². The molecule has 0 aromatic heterocycles. The molecule has 6 aromatic rings. The second kappa shape index (κ2) is 42.3. The lowest BCUT2D eigenvalue weighted by molar-refractivity contribution is -0.385. The van der Waals surface area contributed by atoms with E-state index in [1.54, 1.807) is 36.4 Å². The van der Waals surface area contributed by atoms with Gasteiger partial charge in [-0.15, -0.1) is 10.2 Å². The van der Waals surface area contributed by atoms with Gasteiger partial charge in [0.2, 0.25) is 5.75 Å². The summed E-state index contributed by atoms with van der Waals surface area (Å²) in [6.07, 6.45) is 31.9. The SMILES string of the molecule is C/C=C/CCCCCCCCOc1ccc(-c2ccc(C(=O)Oc3cc(N(CC)CC)c(O[C@@H](C)CCCCCC)cc3N=Nc3cc(OC(=O)c4ccc(-c5ccc(OCCCCCCCCCC)cc5)cc4)c([N+](=O)[O-])cc3O[C@@H](C)CCCCCC)cc2)cc1. The maximum atomic E-state index is 14.4. The molecule has 0 unspecified atom stereocenters. The number of ether oxygens (including phenoxy) is 6. The third-order valence-electron chi connectivity index (χ3n) is 16.8. The van der Waals surface area contributed by atoms with Gasteiger partial charge in [0, 0.05) is 31.3 Å². The molecule has 502 valence electrons. The fourth-order valence-corrected chi connectivity index (χ4v) is 11.2. The number of hydrogen-bond acceptors (Lipinski definition) is 13. The van der Waals surface area contributed by atoms with Crippen molar-refractivity contribution in [2.24, 2.45) is 10.2 Å². The Morgan fingerprint density at radius 3 is 1.30 bits per heavy atom. The van der Waals surface area contributed by atoms with Gasteiger partial charge < -0.3 is 33.3 Å². The van der Waals surface area contributed by atoms with Crippen molar-refractivity contribution in [3.8, 4) is 56.8 Å². The van der Waals surface area contributed by atoms with Gasteiger partial charge in [0.25, 0.3) is 0 Å². The lowest BCUT2D eigenvalue weighted by Crippen LogP contribution is -2.24. The normalized spacial score (nSPS) is 12.0. The molecular formula is C79H106N4O10. The molecule has 0 saturated carbocycles. The molecule has 0 radical (unpaired) electrons. The first-order valence-corrected chi connectivity index (χ1v) is 35.1. The number of unbranched alkanes of at least 4 members (excludes halogenated alkanes) is 19. The van der Waals surface area contributed by atoms with Crippen molar-refractivity contribution in [2.75, 3.05) is 31.2 Å². The Bertz CT molecular complexity index is 3190. The summed E-state index contributed by atoms with van der Waals surface area (Å²) >= 11 is 0. The molecule has 0 bridgehead atoms. The highest BCUT2D eigenvalue weighted by molar-refractivity contribution is 5.93. The van der Waals surface area contributed by atoms with Crippen molar-refractivity contribution >= 4 is 34.7 Å². The van der Waals surface area contributed by atoms with Crippen LogP contribution in [0.4, 0.5) is 22.7 Å².